The summed E-state index contributed by atoms with van der Waals surface area (Å²) in [5.74, 6) is 1.38. The first-order chi connectivity index (χ1) is 22.8. The zero-order valence-corrected chi connectivity index (χ0v) is 25.7. The van der Waals surface area contributed by atoms with Crippen LogP contribution in [-0.4, -0.2) is 22.7 Å². The molecule has 0 spiro atoms. The highest BCUT2D eigenvalue weighted by atomic mass is 15.3. The van der Waals surface area contributed by atoms with Gasteiger partial charge in [0.2, 0.25) is 0 Å². The first-order valence-electron chi connectivity index (χ1n) is 16.8. The van der Waals surface area contributed by atoms with Crippen molar-refractivity contribution in [3.8, 4) is 0 Å². The van der Waals surface area contributed by atoms with E-state index in [9.17, 15) is 0 Å². The van der Waals surface area contributed by atoms with E-state index >= 15 is 0 Å². The SMILES string of the molecule is C1=CCCC(n2c3c(c4ccccc42)=CC2c4c(ccc5c4C=CCC5)N(C4=C(c5ccccc5)NC5C=CC=CC5N4)C2C=3)=C1. The van der Waals surface area contributed by atoms with Crippen molar-refractivity contribution in [2.24, 2.45) is 0 Å². The standard InChI is InChI=1S/C42H36N4/c1-3-14-28(15-4-1)41-42(44-35-21-11-10-20-34(35)43-41)46-37-24-23-27-13-7-8-18-30(27)40(37)33-25-32-31-19-9-12-22-36(31)45(38(32)26-39(33)46)29-16-5-2-6-17-29/h1-5,8-12,14-16,18-26,33-35,39,43-44H,6-7,13,17H2. The van der Waals surface area contributed by atoms with Crippen LogP contribution in [0.5, 0.6) is 0 Å². The molecule has 2 N–H and O–H groups in total. The molecule has 3 heterocycles. The van der Waals surface area contributed by atoms with Crippen LogP contribution in [0.25, 0.3) is 40.5 Å². The normalized spacial score (nSPS) is 25.0. The zero-order valence-electron chi connectivity index (χ0n) is 25.7. The third-order valence-corrected chi connectivity index (χ3v) is 10.7. The van der Waals surface area contributed by atoms with Crippen LogP contribution in [0.3, 0.4) is 0 Å². The van der Waals surface area contributed by atoms with Crippen LogP contribution in [0.1, 0.15) is 47.4 Å². The van der Waals surface area contributed by atoms with Crippen molar-refractivity contribution in [2.75, 3.05) is 4.90 Å². The third kappa shape index (κ3) is 3.79. The van der Waals surface area contributed by atoms with E-state index in [1.807, 2.05) is 0 Å². The number of hydrogen-bond donors (Lipinski definition) is 2. The molecule has 3 aromatic carbocycles. The van der Waals surface area contributed by atoms with E-state index in [1.165, 1.54) is 55.1 Å². The molecule has 2 aliphatic heterocycles. The summed E-state index contributed by atoms with van der Waals surface area (Å²) in [7, 11) is 0. The van der Waals surface area contributed by atoms with Gasteiger partial charge in [-0.25, -0.2) is 0 Å². The quantitative estimate of drug-likeness (QED) is 0.276. The molecule has 0 saturated heterocycles. The van der Waals surface area contributed by atoms with Crippen LogP contribution < -0.4 is 26.1 Å². The Morgan fingerprint density at radius 1 is 0.739 bits per heavy atom. The second-order valence-electron chi connectivity index (χ2n) is 13.2. The van der Waals surface area contributed by atoms with Crippen LogP contribution in [0.15, 0.2) is 121 Å². The number of anilines is 1. The van der Waals surface area contributed by atoms with Crippen LogP contribution in [-0.2, 0) is 6.42 Å². The molecule has 0 saturated carbocycles. The smallest absolute Gasteiger partial charge is 0.132 e. The van der Waals surface area contributed by atoms with Crippen LogP contribution in [0, 0.1) is 0 Å². The number of benzene rings is 3. The van der Waals surface area contributed by atoms with Crippen LogP contribution >= 0.6 is 0 Å². The van der Waals surface area contributed by atoms with Crippen molar-refractivity contribution in [1.82, 2.24) is 15.2 Å². The third-order valence-electron chi connectivity index (χ3n) is 10.7. The number of fused-ring (bicyclic) bond motifs is 9. The van der Waals surface area contributed by atoms with E-state index in [0.29, 0.717) is 0 Å². The second kappa shape index (κ2) is 10.1. The molecule has 4 unspecified atom stereocenters. The molecule has 4 aliphatic carbocycles. The van der Waals surface area contributed by atoms with Gasteiger partial charge in [0.15, 0.2) is 0 Å². The Bertz CT molecular complexity index is 2240. The highest BCUT2D eigenvalue weighted by molar-refractivity contribution is 5.90. The monoisotopic (exact) mass is 596 g/mol. The predicted octanol–water partition coefficient (Wildman–Crippen LogP) is 6.72. The maximum Gasteiger partial charge on any atom is 0.132 e. The van der Waals surface area contributed by atoms with Gasteiger partial charge in [-0.1, -0.05) is 109 Å². The highest BCUT2D eigenvalue weighted by Gasteiger charge is 2.44. The Hall–Kier alpha value is -5.22. The molecule has 1 aromatic heterocycles. The molecule has 46 heavy (non-hydrogen) atoms. The molecule has 4 heteroatoms. The summed E-state index contributed by atoms with van der Waals surface area (Å²) >= 11 is 0. The number of hydrogen-bond acceptors (Lipinski definition) is 3. The molecular weight excluding hydrogens is 560 g/mol. The van der Waals surface area contributed by atoms with E-state index in [-0.39, 0.29) is 24.0 Å². The molecule has 0 bridgehead atoms. The number of rotatable bonds is 3. The summed E-state index contributed by atoms with van der Waals surface area (Å²) in [6, 6.07) is 25.1. The largest absolute Gasteiger partial charge is 0.373 e. The molecule has 10 rings (SSSR count). The molecule has 0 radical (unpaired) electrons. The highest BCUT2D eigenvalue weighted by Crippen LogP contribution is 2.50. The van der Waals surface area contributed by atoms with Crippen molar-refractivity contribution in [3.63, 3.8) is 0 Å². The Morgan fingerprint density at radius 3 is 2.43 bits per heavy atom. The molecule has 4 atom stereocenters. The number of nitrogens with zero attached hydrogens (tertiary/aromatic N) is 2. The van der Waals surface area contributed by atoms with Crippen molar-refractivity contribution >= 4 is 46.2 Å². The first kappa shape index (κ1) is 26.0. The molecule has 0 amide bonds. The molecule has 6 aliphatic rings. The lowest BCUT2D eigenvalue weighted by atomic mass is 9.84. The lowest BCUT2D eigenvalue weighted by Gasteiger charge is -2.41. The number of nitrogens with one attached hydrogen (secondary N) is 2. The van der Waals surface area contributed by atoms with Gasteiger partial charge in [0.1, 0.15) is 5.82 Å². The average Bonchev–Trinajstić information content (AvgIpc) is 3.63. The maximum atomic E-state index is 4.05. The lowest BCUT2D eigenvalue weighted by Crippen LogP contribution is -2.55. The Kier molecular flexibility index (Phi) is 5.75. The van der Waals surface area contributed by atoms with Gasteiger partial charge in [-0.05, 0) is 66.7 Å². The first-order valence-corrected chi connectivity index (χ1v) is 16.8. The van der Waals surface area contributed by atoms with Gasteiger partial charge >= 0.3 is 0 Å². The summed E-state index contributed by atoms with van der Waals surface area (Å²) in [6.45, 7) is 0. The van der Waals surface area contributed by atoms with Crippen molar-refractivity contribution < 1.29 is 0 Å². The Morgan fingerprint density at radius 2 is 1.57 bits per heavy atom. The number of aryl methyl sites for hydroxylation is 1. The van der Waals surface area contributed by atoms with Gasteiger partial charge in [-0.3, -0.25) is 0 Å². The molecule has 4 aromatic rings. The van der Waals surface area contributed by atoms with Crippen molar-refractivity contribution in [1.29, 1.82) is 0 Å². The van der Waals surface area contributed by atoms with Crippen molar-refractivity contribution in [3.05, 3.63) is 154 Å². The molecule has 224 valence electrons. The number of allylic oxidation sites excluding steroid dienone is 7. The van der Waals surface area contributed by atoms with Gasteiger partial charge < -0.3 is 20.1 Å². The summed E-state index contributed by atoms with van der Waals surface area (Å²) in [4.78, 5) is 2.62. The van der Waals surface area contributed by atoms with E-state index in [0.717, 1.165) is 37.2 Å². The van der Waals surface area contributed by atoms with Gasteiger partial charge in [-0.15, -0.1) is 0 Å². The Labute approximate surface area is 269 Å². The summed E-state index contributed by atoms with van der Waals surface area (Å²) < 4.78 is 2.54. The number of para-hydroxylation sites is 1. The summed E-state index contributed by atoms with van der Waals surface area (Å²) in [5.41, 5.74) is 10.7. The summed E-state index contributed by atoms with van der Waals surface area (Å²) in [6.07, 6.45) is 30.0. The topological polar surface area (TPSA) is 32.2 Å². The van der Waals surface area contributed by atoms with Gasteiger partial charge in [0.25, 0.3) is 0 Å². The molecular formula is C42H36N4. The van der Waals surface area contributed by atoms with Gasteiger partial charge in [0.05, 0.1) is 34.7 Å². The predicted molar refractivity (Wildman–Crippen MR) is 191 cm³/mol. The van der Waals surface area contributed by atoms with Crippen LogP contribution in [0.4, 0.5) is 5.69 Å². The summed E-state index contributed by atoms with van der Waals surface area (Å²) in [5, 5.41) is 12.0. The van der Waals surface area contributed by atoms with E-state index in [2.05, 4.69) is 154 Å². The molecule has 4 nitrogen and oxygen atoms in total. The van der Waals surface area contributed by atoms with E-state index in [1.54, 1.807) is 0 Å². The van der Waals surface area contributed by atoms with Gasteiger partial charge in [0, 0.05) is 33.5 Å². The fourth-order valence-electron chi connectivity index (χ4n) is 8.62. The minimum atomic E-state index is 0.120. The minimum absolute atomic E-state index is 0.120. The molecule has 0 fully saturated rings. The van der Waals surface area contributed by atoms with Crippen LogP contribution in [0.2, 0.25) is 0 Å². The fraction of sp³-hybridized carbons (Fsp3) is 0.190. The zero-order chi connectivity index (χ0) is 30.2. The second-order valence-corrected chi connectivity index (χ2v) is 13.2. The minimum Gasteiger partial charge on any atom is -0.373 e. The van der Waals surface area contributed by atoms with E-state index < -0.39 is 0 Å². The lowest BCUT2D eigenvalue weighted by molar-refractivity contribution is 0.508. The maximum absolute atomic E-state index is 4.05. The van der Waals surface area contributed by atoms with Crippen molar-refractivity contribution in [2.45, 2.75) is 49.7 Å². The van der Waals surface area contributed by atoms with Gasteiger partial charge in [-0.2, -0.15) is 0 Å². The Balaban J connectivity index is 1.27. The number of aromatic nitrogens is 1. The fourth-order valence-corrected chi connectivity index (χ4v) is 8.62. The average molecular weight is 597 g/mol. The van der Waals surface area contributed by atoms with E-state index in [4.69, 9.17) is 0 Å².